The molecule has 8 nitrogen and oxygen atoms in total. The summed E-state index contributed by atoms with van der Waals surface area (Å²) in [5.41, 5.74) is 7.08. The predicted molar refractivity (Wildman–Crippen MR) is 135 cm³/mol. The van der Waals surface area contributed by atoms with E-state index in [1.54, 1.807) is 0 Å². The van der Waals surface area contributed by atoms with Crippen molar-refractivity contribution in [3.8, 4) is 11.3 Å². The molecule has 4 heterocycles. The molecule has 0 amide bonds. The first-order valence-electron chi connectivity index (χ1n) is 12.7. The van der Waals surface area contributed by atoms with Gasteiger partial charge in [-0.25, -0.2) is 15.0 Å². The number of likely N-dealkylation sites (N-methyl/N-ethyl adjacent to an activating group) is 1. The standard InChI is InChI=1S/C26H36N8/c1-5-32-11-13-33(14-12-32)17-19-7-10-22(27-15-19)29-26-28-16-20-8-9-21-23(24(20)30-26)25(18(3)4)34(6-2)31-21/h7,10,15-16,18H,5-6,8-9,11-14,17H2,1-4H3,(H,27,28,29,30). The van der Waals surface area contributed by atoms with Gasteiger partial charge in [-0.1, -0.05) is 26.8 Å². The normalized spacial score (nSPS) is 16.5. The first-order chi connectivity index (χ1) is 16.6. The maximum Gasteiger partial charge on any atom is 0.228 e. The summed E-state index contributed by atoms with van der Waals surface area (Å²) in [7, 11) is 0. The van der Waals surface area contributed by atoms with Crippen molar-refractivity contribution in [3.63, 3.8) is 0 Å². The van der Waals surface area contributed by atoms with E-state index in [4.69, 9.17) is 10.1 Å². The lowest BCUT2D eigenvalue weighted by Crippen LogP contribution is -2.45. The molecule has 0 aromatic carbocycles. The third-order valence-corrected chi connectivity index (χ3v) is 7.03. The van der Waals surface area contributed by atoms with E-state index in [0.717, 1.165) is 75.9 Å². The largest absolute Gasteiger partial charge is 0.309 e. The Bertz CT molecular complexity index is 1130. The Kier molecular flexibility index (Phi) is 6.61. The van der Waals surface area contributed by atoms with Crippen molar-refractivity contribution >= 4 is 11.8 Å². The summed E-state index contributed by atoms with van der Waals surface area (Å²) in [6.45, 7) is 16.3. The van der Waals surface area contributed by atoms with Crippen LogP contribution in [-0.2, 0) is 25.9 Å². The summed E-state index contributed by atoms with van der Waals surface area (Å²) in [6.07, 6.45) is 5.81. The van der Waals surface area contributed by atoms with Crippen LogP contribution in [-0.4, -0.2) is 67.3 Å². The van der Waals surface area contributed by atoms with Gasteiger partial charge in [-0.2, -0.15) is 5.10 Å². The second-order valence-corrected chi connectivity index (χ2v) is 9.63. The lowest BCUT2D eigenvalue weighted by molar-refractivity contribution is 0.132. The first kappa shape index (κ1) is 22.9. The first-order valence-corrected chi connectivity index (χ1v) is 12.7. The second-order valence-electron chi connectivity index (χ2n) is 9.63. The third kappa shape index (κ3) is 4.57. The van der Waals surface area contributed by atoms with E-state index in [-0.39, 0.29) is 0 Å². The molecular formula is C26H36N8. The highest BCUT2D eigenvalue weighted by molar-refractivity contribution is 5.72. The van der Waals surface area contributed by atoms with E-state index in [9.17, 15) is 0 Å². The molecule has 0 atom stereocenters. The highest BCUT2D eigenvalue weighted by atomic mass is 15.3. The van der Waals surface area contributed by atoms with Crippen LogP contribution in [0.2, 0.25) is 0 Å². The summed E-state index contributed by atoms with van der Waals surface area (Å²) in [5, 5.41) is 8.20. The molecule has 180 valence electrons. The van der Waals surface area contributed by atoms with Gasteiger partial charge in [0.1, 0.15) is 5.82 Å². The maximum atomic E-state index is 4.94. The number of nitrogens with zero attached hydrogens (tertiary/aromatic N) is 7. The molecule has 5 rings (SSSR count). The molecule has 3 aromatic rings. The molecule has 8 heteroatoms. The smallest absolute Gasteiger partial charge is 0.228 e. The summed E-state index contributed by atoms with van der Waals surface area (Å²) < 4.78 is 2.14. The summed E-state index contributed by atoms with van der Waals surface area (Å²) >= 11 is 0. The number of aromatic nitrogens is 5. The summed E-state index contributed by atoms with van der Waals surface area (Å²) in [5.74, 6) is 1.73. The van der Waals surface area contributed by atoms with Gasteiger partial charge in [0.25, 0.3) is 0 Å². The maximum absolute atomic E-state index is 4.94. The van der Waals surface area contributed by atoms with E-state index in [0.29, 0.717) is 11.9 Å². The molecule has 0 bridgehead atoms. The van der Waals surface area contributed by atoms with Gasteiger partial charge in [0.05, 0.1) is 17.1 Å². The Balaban J connectivity index is 1.32. The zero-order valence-corrected chi connectivity index (χ0v) is 20.9. The molecule has 1 saturated heterocycles. The molecule has 0 saturated carbocycles. The van der Waals surface area contributed by atoms with Crippen LogP contribution in [0.3, 0.4) is 0 Å². The summed E-state index contributed by atoms with van der Waals surface area (Å²) in [6, 6.07) is 4.18. The zero-order valence-electron chi connectivity index (χ0n) is 20.9. The van der Waals surface area contributed by atoms with Gasteiger partial charge < -0.3 is 10.2 Å². The number of rotatable bonds is 7. The number of nitrogens with one attached hydrogen (secondary N) is 1. The van der Waals surface area contributed by atoms with Crippen LogP contribution in [0.4, 0.5) is 11.8 Å². The molecular weight excluding hydrogens is 424 g/mol. The van der Waals surface area contributed by atoms with E-state index in [2.05, 4.69) is 63.5 Å². The molecule has 1 aliphatic carbocycles. The van der Waals surface area contributed by atoms with Crippen molar-refractivity contribution in [2.75, 3.05) is 38.0 Å². The van der Waals surface area contributed by atoms with Crippen LogP contribution < -0.4 is 5.32 Å². The lowest BCUT2D eigenvalue weighted by atomic mass is 9.90. The highest BCUT2D eigenvalue weighted by Gasteiger charge is 2.28. The van der Waals surface area contributed by atoms with Crippen LogP contribution in [0, 0.1) is 0 Å². The predicted octanol–water partition coefficient (Wildman–Crippen LogP) is 3.86. The highest BCUT2D eigenvalue weighted by Crippen LogP contribution is 2.38. The Morgan fingerprint density at radius 1 is 0.941 bits per heavy atom. The van der Waals surface area contributed by atoms with E-state index < -0.39 is 0 Å². The van der Waals surface area contributed by atoms with Crippen LogP contribution in [0.1, 0.15) is 56.1 Å². The molecule has 0 spiro atoms. The van der Waals surface area contributed by atoms with Crippen LogP contribution in [0.5, 0.6) is 0 Å². The van der Waals surface area contributed by atoms with E-state index in [1.807, 2.05) is 18.5 Å². The Morgan fingerprint density at radius 2 is 1.74 bits per heavy atom. The number of hydrogen-bond donors (Lipinski definition) is 1. The number of hydrogen-bond acceptors (Lipinski definition) is 7. The van der Waals surface area contributed by atoms with Crippen molar-refractivity contribution in [2.45, 2.75) is 59.5 Å². The van der Waals surface area contributed by atoms with Crippen molar-refractivity contribution in [2.24, 2.45) is 0 Å². The average molecular weight is 461 g/mol. The molecule has 1 aliphatic heterocycles. The number of aryl methyl sites for hydroxylation is 3. The minimum atomic E-state index is 0.382. The summed E-state index contributed by atoms with van der Waals surface area (Å²) in [4.78, 5) is 19.2. The monoisotopic (exact) mass is 460 g/mol. The van der Waals surface area contributed by atoms with Gasteiger partial charge >= 0.3 is 0 Å². The van der Waals surface area contributed by atoms with Gasteiger partial charge in [-0.15, -0.1) is 0 Å². The average Bonchev–Trinajstić information content (AvgIpc) is 3.25. The van der Waals surface area contributed by atoms with Crippen molar-refractivity contribution in [1.29, 1.82) is 0 Å². The Morgan fingerprint density at radius 3 is 2.41 bits per heavy atom. The molecule has 1 N–H and O–H groups in total. The number of piperazine rings is 1. The molecule has 0 unspecified atom stereocenters. The number of anilines is 2. The van der Waals surface area contributed by atoms with Gasteiger partial charge in [-0.3, -0.25) is 9.58 Å². The minimum Gasteiger partial charge on any atom is -0.309 e. The van der Waals surface area contributed by atoms with Gasteiger partial charge in [-0.05, 0) is 49.4 Å². The fraction of sp³-hybridized carbons (Fsp3) is 0.538. The van der Waals surface area contributed by atoms with Gasteiger partial charge in [0.15, 0.2) is 0 Å². The SMILES string of the molecule is CCN1CCN(Cc2ccc(Nc3ncc4c(n3)-c3c(nn(CC)c3C(C)C)CC4)nc2)CC1. The Hall–Kier alpha value is -2.84. The lowest BCUT2D eigenvalue weighted by Gasteiger charge is -2.33. The molecule has 2 aliphatic rings. The fourth-order valence-electron chi connectivity index (χ4n) is 5.14. The zero-order chi connectivity index (χ0) is 23.7. The van der Waals surface area contributed by atoms with Crippen LogP contribution >= 0.6 is 0 Å². The molecule has 3 aromatic heterocycles. The van der Waals surface area contributed by atoms with Crippen LogP contribution in [0.15, 0.2) is 24.5 Å². The van der Waals surface area contributed by atoms with Crippen LogP contribution in [0.25, 0.3) is 11.3 Å². The Labute approximate surface area is 202 Å². The van der Waals surface area contributed by atoms with Crippen molar-refractivity contribution < 1.29 is 0 Å². The van der Waals surface area contributed by atoms with Gasteiger partial charge in [0.2, 0.25) is 5.95 Å². The van der Waals surface area contributed by atoms with Crippen molar-refractivity contribution in [3.05, 3.63) is 47.0 Å². The number of fused-ring (bicyclic) bond motifs is 3. The molecule has 34 heavy (non-hydrogen) atoms. The second kappa shape index (κ2) is 9.80. The van der Waals surface area contributed by atoms with Gasteiger partial charge in [0, 0.05) is 57.2 Å². The third-order valence-electron chi connectivity index (χ3n) is 7.03. The quantitative estimate of drug-likeness (QED) is 0.574. The minimum absolute atomic E-state index is 0.382. The van der Waals surface area contributed by atoms with Crippen molar-refractivity contribution in [1.82, 2.24) is 34.5 Å². The molecule has 1 fully saturated rings. The van der Waals surface area contributed by atoms with E-state index >= 15 is 0 Å². The number of pyridine rings is 1. The van der Waals surface area contributed by atoms with E-state index in [1.165, 1.54) is 22.4 Å². The topological polar surface area (TPSA) is 75.0 Å². The molecule has 0 radical (unpaired) electrons. The fourth-order valence-corrected chi connectivity index (χ4v) is 5.14.